The molecule has 12 aromatic rings. The van der Waals surface area contributed by atoms with Crippen LogP contribution >= 0.6 is 73.9 Å². The van der Waals surface area contributed by atoms with Gasteiger partial charge in [-0.2, -0.15) is 15.2 Å². The molecule has 8 fully saturated rings. The molecule has 3 spiro atoms. The third kappa shape index (κ3) is 22.7. The number of nitrogen functional groups attached to an aromatic ring is 1. The number of ketones is 1. The summed E-state index contributed by atoms with van der Waals surface area (Å²) in [5.41, 5.74) is 13.9. The Kier molecular flexibility index (Phi) is 32.6. The van der Waals surface area contributed by atoms with Crippen LogP contribution in [-0.4, -0.2) is 141 Å². The highest BCUT2D eigenvalue weighted by atomic mass is 79.9. The van der Waals surface area contributed by atoms with Crippen LogP contribution in [0.25, 0.3) is 9.69 Å². The number of rotatable bonds is 11. The molecule has 1 unspecified atom stereocenters. The van der Waals surface area contributed by atoms with Crippen molar-refractivity contribution in [2.45, 2.75) is 62.5 Å². The summed E-state index contributed by atoms with van der Waals surface area (Å²) in [5.74, 6) is 0.241. The van der Waals surface area contributed by atoms with E-state index in [9.17, 15) is 38.7 Å². The number of benzene rings is 12. The van der Waals surface area contributed by atoms with Crippen molar-refractivity contribution < 1.29 is 62.4 Å². The van der Waals surface area contributed by atoms with Crippen molar-refractivity contribution in [1.29, 1.82) is 5.26 Å². The lowest BCUT2D eigenvalue weighted by atomic mass is 9.78. The molecule has 8 aliphatic rings. The molecule has 8 saturated heterocycles. The summed E-state index contributed by atoms with van der Waals surface area (Å²) in [6.07, 6.45) is 1.44. The predicted octanol–water partition coefficient (Wildman–Crippen LogP) is 23.0. The summed E-state index contributed by atoms with van der Waals surface area (Å²) in [6, 6.07) is 86.8. The van der Waals surface area contributed by atoms with Gasteiger partial charge in [-0.15, -0.1) is 0 Å². The molecule has 5 N–H and O–H groups in total. The average molecular weight is 1990 g/mol. The fourth-order valence-corrected chi connectivity index (χ4v) is 15.9. The summed E-state index contributed by atoms with van der Waals surface area (Å²) in [7, 11) is 0. The molecule has 1 atom stereocenters. The normalized spacial score (nSPS) is 17.3. The van der Waals surface area contributed by atoms with E-state index in [0.717, 1.165) is 32.5 Å². The van der Waals surface area contributed by atoms with E-state index in [1.165, 1.54) is 31.9 Å². The Morgan fingerprint density at radius 3 is 1.22 bits per heavy atom. The van der Waals surface area contributed by atoms with Gasteiger partial charge in [0.05, 0.1) is 89.1 Å². The first-order valence-electron chi connectivity index (χ1n) is 42.1. The molecular weight excluding hydrogens is 1900 g/mol. The van der Waals surface area contributed by atoms with E-state index in [-0.39, 0.29) is 75.3 Å². The van der Waals surface area contributed by atoms with Crippen molar-refractivity contribution in [2.24, 2.45) is 9.98 Å². The number of isocyanates is 1. The maximum absolute atomic E-state index is 14.0. The second kappa shape index (κ2) is 44.5. The van der Waals surface area contributed by atoms with Gasteiger partial charge in [-0.3, -0.25) is 29.2 Å². The lowest BCUT2D eigenvalue weighted by Gasteiger charge is -2.51. The molecular formula is C103H88BrCl5N14O13. The summed E-state index contributed by atoms with van der Waals surface area (Å²) in [5, 5.41) is 30.1. The van der Waals surface area contributed by atoms with Crippen LogP contribution in [0.2, 0.25) is 25.1 Å². The van der Waals surface area contributed by atoms with Gasteiger partial charge in [-0.05, 0) is 234 Å². The molecule has 0 radical (unpaired) electrons. The summed E-state index contributed by atoms with van der Waals surface area (Å²) in [6.45, 7) is 26.8. The Morgan fingerprint density at radius 1 is 0.456 bits per heavy atom. The number of halogens is 6. The zero-order chi connectivity index (χ0) is 97.1. The first-order chi connectivity index (χ1) is 65.4. The number of amidine groups is 1. The van der Waals surface area contributed by atoms with Crippen LogP contribution < -0.4 is 45.8 Å². The molecule has 8 aliphatic heterocycles. The van der Waals surface area contributed by atoms with E-state index in [2.05, 4.69) is 57.0 Å². The second-order valence-corrected chi connectivity index (χ2v) is 35.4. The van der Waals surface area contributed by atoms with Gasteiger partial charge >= 0.3 is 24.1 Å². The number of aliphatic hydroxyl groups is 1. The Morgan fingerprint density at radius 2 is 0.831 bits per heavy atom. The van der Waals surface area contributed by atoms with Crippen molar-refractivity contribution in [1.82, 2.24) is 0 Å². The number of nitriles is 1. The molecule has 0 saturated carbocycles. The number of Topliss-reactive ketones (excluding diaryl/α,β-unsaturated/α-hetero) is 1. The molecule has 0 aromatic heterocycles. The number of nitrogens with two attached hydrogens (primary N) is 1. The Bertz CT molecular complexity index is 6510. The van der Waals surface area contributed by atoms with Crippen molar-refractivity contribution in [3.05, 3.63) is 377 Å². The summed E-state index contributed by atoms with van der Waals surface area (Å²) < 4.78 is 26.9. The van der Waals surface area contributed by atoms with Crippen LogP contribution in [-0.2, 0) is 43.8 Å². The summed E-state index contributed by atoms with van der Waals surface area (Å²) in [4.78, 5) is 110. The van der Waals surface area contributed by atoms with Crippen LogP contribution in [0.1, 0.15) is 33.4 Å². The number of nitrogens with zero attached hydrogens (tertiary/aromatic N) is 11. The quantitative estimate of drug-likeness (QED) is 0.0307. The van der Waals surface area contributed by atoms with Gasteiger partial charge in [0.1, 0.15) is 18.8 Å². The van der Waals surface area contributed by atoms with Crippen LogP contribution in [0.15, 0.2) is 306 Å². The number of ether oxygens (including phenoxy) is 5. The number of hydrogen-bond donors (Lipinski definition) is 4. The van der Waals surface area contributed by atoms with E-state index >= 15 is 0 Å². The minimum Gasteiger partial charge on any atom is -0.399 e. The number of anilines is 9. The zero-order valence-corrected chi connectivity index (χ0v) is 79.3. The van der Waals surface area contributed by atoms with Gasteiger partial charge in [0.2, 0.25) is 6.08 Å². The smallest absolute Gasteiger partial charge is 0.347 e. The van der Waals surface area contributed by atoms with Gasteiger partial charge in [0.25, 0.3) is 5.91 Å². The number of aryl methyl sites for hydroxylation is 5. The first kappa shape index (κ1) is 99.5. The highest BCUT2D eigenvalue weighted by Gasteiger charge is 2.72. The highest BCUT2D eigenvalue weighted by molar-refractivity contribution is 9.10. The van der Waals surface area contributed by atoms with E-state index in [4.69, 9.17) is 101 Å². The minimum atomic E-state index is -1.78. The van der Waals surface area contributed by atoms with Crippen LogP contribution in [0.3, 0.4) is 0 Å². The number of nitrogens with one attached hydrogen (secondary N) is 2. The highest BCUT2D eigenvalue weighted by Crippen LogP contribution is 2.55. The van der Waals surface area contributed by atoms with E-state index < -0.39 is 33.9 Å². The lowest BCUT2D eigenvalue weighted by molar-refractivity contribution is -0.153. The fourth-order valence-electron chi connectivity index (χ4n) is 14.9. The van der Waals surface area contributed by atoms with E-state index in [0.29, 0.717) is 114 Å². The topological polar surface area (TPSA) is 313 Å². The number of amides is 9. The van der Waals surface area contributed by atoms with Crippen molar-refractivity contribution in [3.8, 4) is 6.07 Å². The SMILES string of the molecule is Cc1ccc(N)cc1.Cc1ccc(N2C(=O)N(c3ccc(Cl)cc3)C(=NC(=O)Nc3ccc(Cl)cc3)C23COC3)cc1.Cc1ccc(N2C(=O)N(c3ccc(Cl)cc3)C(=O)C23COC3)cc1.Cc1ccc(NC2(C#N)COC2)cc1.O=C1COC1.O=C=Nc1ccc(Cl)cc1.[C-]#[N+]c1cccc(Br)c1.[C-]#[N+]c1cccc(C2(O)N(c3ccc(Cl)cc3)C(=O)N(c3ccc(C)cc3)C23COC3)c1. The molecule has 12 aromatic carbocycles. The molecule has 0 bridgehead atoms. The summed E-state index contributed by atoms with van der Waals surface area (Å²) >= 11 is 32.8. The molecule has 690 valence electrons. The zero-order valence-electron chi connectivity index (χ0n) is 73.9. The van der Waals surface area contributed by atoms with Crippen LogP contribution in [0.5, 0.6) is 0 Å². The fraction of sp³-hybridized carbons (Fsp3) is 0.194. The Hall–Kier alpha value is -13.9. The standard InChI is InChI=1S/C25H20Cl2N4O3.C25H20ClN3O3.C18H15ClN2O3.C11H12N2O.C7H4BrN.C7H4ClNO.C7H9N.C3H4O2/c1-16-2-10-21(11-3-16)31-24(33)30(20-12-6-18(27)7-13-20)22(25(31)14-34-15-25)29-23(32)28-19-8-4-17(26)5-9-19;1-17-6-10-21(11-7-17)28-23(30)29(22-12-8-19(26)9-13-22)25(31,24(28)15-32-16-24)18-4-3-5-20(14-18)27-2;1-12-2-6-15(7-3-12)21-17(23)20(14-8-4-13(19)5-9-14)16(22)18(21)10-24-11-18;1-9-2-4-10(5-3-9)13-11(6-12)7-14-8-11;1-9-7-4-2-3-6(8)5-7;8-6-1-3-7(4-2-6)9-5-10;1-6-2-4-7(8)5-3-6;4-3-1-5-2-3/h2-13H,14-15H2,1H3,(H,28,32);3-14,31H,15-16H2,1H3;2-9H,10-11H2,1H3;2-5,13H,7-8H2,1H3;2-5H;1-4H;2-5H,8H2,1H3;1-2H2. The average Bonchev–Trinajstić information content (AvgIpc) is 1.51. The number of imide groups is 1. The monoisotopic (exact) mass is 1980 g/mol. The van der Waals surface area contributed by atoms with Gasteiger partial charge < -0.3 is 45.2 Å². The molecule has 136 heavy (non-hydrogen) atoms. The van der Waals surface area contributed by atoms with Crippen LogP contribution in [0, 0.1) is 59.1 Å². The van der Waals surface area contributed by atoms with Crippen molar-refractivity contribution >= 4 is 190 Å². The third-order valence-electron chi connectivity index (χ3n) is 22.4. The van der Waals surface area contributed by atoms with Crippen LogP contribution in [0.4, 0.5) is 87.4 Å². The molecule has 0 aliphatic carbocycles. The maximum atomic E-state index is 14.0. The molecule has 20 rings (SSSR count). The van der Waals surface area contributed by atoms with Gasteiger partial charge in [-0.25, -0.2) is 43.5 Å². The van der Waals surface area contributed by atoms with Gasteiger partial charge in [0, 0.05) is 69.4 Å². The first-order valence-corrected chi connectivity index (χ1v) is 44.8. The number of carbonyl (C=O) groups is 6. The van der Waals surface area contributed by atoms with Gasteiger partial charge in [-0.1, -0.05) is 199 Å². The second-order valence-electron chi connectivity index (χ2n) is 32.3. The number of carbonyl (C=O) groups excluding carboxylic acids is 7. The minimum absolute atomic E-state index is 0.148. The van der Waals surface area contributed by atoms with Crippen molar-refractivity contribution in [2.75, 3.05) is 112 Å². The molecule has 27 nitrogen and oxygen atoms in total. The maximum Gasteiger partial charge on any atom is 0.347 e. The molecule has 8 heterocycles. The molecule has 9 amide bonds. The van der Waals surface area contributed by atoms with E-state index in [1.54, 1.807) is 172 Å². The number of hydrogen-bond acceptors (Lipinski definition) is 17. The Balaban J connectivity index is 0.000000141. The third-order valence-corrected chi connectivity index (χ3v) is 24.1. The van der Waals surface area contributed by atoms with Gasteiger partial charge in [0.15, 0.2) is 45.3 Å². The number of urea groups is 4. The predicted molar refractivity (Wildman–Crippen MR) is 534 cm³/mol. The lowest BCUT2D eigenvalue weighted by Crippen LogP contribution is -2.70. The Labute approximate surface area is 819 Å². The van der Waals surface area contributed by atoms with Crippen molar-refractivity contribution in [3.63, 3.8) is 0 Å². The number of aliphatic imine (C=N–C) groups is 2. The largest absolute Gasteiger partial charge is 0.399 e. The molecule has 33 heteroatoms. The van der Waals surface area contributed by atoms with E-state index in [1.807, 2.05) is 168 Å².